The Morgan fingerprint density at radius 2 is 1.90 bits per heavy atom. The van der Waals surface area contributed by atoms with Crippen molar-refractivity contribution in [2.75, 3.05) is 0 Å². The van der Waals surface area contributed by atoms with Crippen LogP contribution in [-0.2, 0) is 0 Å². The van der Waals surface area contributed by atoms with Gasteiger partial charge in [-0.25, -0.2) is 0 Å². The Kier molecular flexibility index (Phi) is 5.09. The number of nitrogens with one attached hydrogen (secondary N) is 1. The Balaban J connectivity index is 3.63. The van der Waals surface area contributed by atoms with Crippen LogP contribution in [0.15, 0.2) is 12.8 Å². The van der Waals surface area contributed by atoms with E-state index in [1.54, 1.807) is 6.20 Å². The van der Waals surface area contributed by atoms with E-state index >= 15 is 0 Å². The maximum atomic E-state index is 3.64. The number of hydrogen-bond acceptors (Lipinski definition) is 1. The first-order valence-electron chi connectivity index (χ1n) is 4.13. The Labute approximate surface area is 64.5 Å². The molecule has 0 saturated carbocycles. The molecule has 0 radical (unpaired) electrons. The van der Waals surface area contributed by atoms with Crippen LogP contribution < -0.4 is 5.32 Å². The highest BCUT2D eigenvalue weighted by Gasteiger charge is 2.10. The Bertz CT molecular complexity index is 84.7. The molecular formula is C9H19N. The zero-order valence-corrected chi connectivity index (χ0v) is 7.35. The minimum Gasteiger partial charge on any atom is -0.389 e. The number of hydrogen-bond donors (Lipinski definition) is 1. The lowest BCUT2D eigenvalue weighted by Gasteiger charge is -2.20. The molecule has 1 N–H and O–H groups in total. The SMILES string of the molecule is C=CNC(C)C(CC)CC. The quantitative estimate of drug-likeness (QED) is 0.620. The fourth-order valence-corrected chi connectivity index (χ4v) is 1.32. The second kappa shape index (κ2) is 5.33. The molecule has 0 aliphatic carbocycles. The van der Waals surface area contributed by atoms with Crippen molar-refractivity contribution < 1.29 is 0 Å². The molecule has 1 unspecified atom stereocenters. The minimum atomic E-state index is 0.576. The summed E-state index contributed by atoms with van der Waals surface area (Å²) in [5.41, 5.74) is 0. The third-order valence-electron chi connectivity index (χ3n) is 2.14. The molecule has 0 spiro atoms. The molecule has 1 nitrogen and oxygen atoms in total. The van der Waals surface area contributed by atoms with E-state index in [9.17, 15) is 0 Å². The highest BCUT2D eigenvalue weighted by molar-refractivity contribution is 4.75. The van der Waals surface area contributed by atoms with Gasteiger partial charge in [0.1, 0.15) is 0 Å². The van der Waals surface area contributed by atoms with Gasteiger partial charge in [-0.1, -0.05) is 33.3 Å². The van der Waals surface area contributed by atoms with Crippen LogP contribution in [0.4, 0.5) is 0 Å². The third-order valence-corrected chi connectivity index (χ3v) is 2.14. The van der Waals surface area contributed by atoms with E-state index in [0.717, 1.165) is 5.92 Å². The molecule has 0 aromatic heterocycles. The highest BCUT2D eigenvalue weighted by Crippen LogP contribution is 2.11. The molecule has 0 aliphatic rings. The summed E-state index contributed by atoms with van der Waals surface area (Å²) in [6.07, 6.45) is 4.28. The molecule has 0 bridgehead atoms. The van der Waals surface area contributed by atoms with Crippen LogP contribution in [0.1, 0.15) is 33.6 Å². The van der Waals surface area contributed by atoms with Crippen molar-refractivity contribution in [3.63, 3.8) is 0 Å². The van der Waals surface area contributed by atoms with Crippen LogP contribution >= 0.6 is 0 Å². The Morgan fingerprint density at radius 3 is 2.20 bits per heavy atom. The summed E-state index contributed by atoms with van der Waals surface area (Å²) in [6.45, 7) is 10.3. The maximum Gasteiger partial charge on any atom is 0.0255 e. The van der Waals surface area contributed by atoms with Gasteiger partial charge in [0.2, 0.25) is 0 Å². The van der Waals surface area contributed by atoms with Gasteiger partial charge in [0.05, 0.1) is 0 Å². The zero-order valence-electron chi connectivity index (χ0n) is 7.35. The predicted octanol–water partition coefficient (Wildman–Crippen LogP) is 2.54. The lowest BCUT2D eigenvalue weighted by atomic mass is 9.96. The Hall–Kier alpha value is -0.460. The second-order valence-corrected chi connectivity index (χ2v) is 2.74. The standard InChI is InChI=1S/C9H19N/c1-5-9(6-2)8(4)10-7-3/h7-10H,3,5-6H2,1-2,4H3. The fourth-order valence-electron chi connectivity index (χ4n) is 1.32. The fraction of sp³-hybridized carbons (Fsp3) is 0.778. The molecule has 0 heterocycles. The van der Waals surface area contributed by atoms with E-state index < -0.39 is 0 Å². The maximum absolute atomic E-state index is 3.64. The van der Waals surface area contributed by atoms with Crippen molar-refractivity contribution in [3.05, 3.63) is 12.8 Å². The summed E-state index contributed by atoms with van der Waals surface area (Å²) < 4.78 is 0. The van der Waals surface area contributed by atoms with Gasteiger partial charge in [-0.15, -0.1) is 0 Å². The van der Waals surface area contributed by atoms with E-state index in [-0.39, 0.29) is 0 Å². The van der Waals surface area contributed by atoms with Gasteiger partial charge >= 0.3 is 0 Å². The molecule has 1 atom stereocenters. The summed E-state index contributed by atoms with van der Waals surface area (Å²) in [6, 6.07) is 0.576. The van der Waals surface area contributed by atoms with Crippen molar-refractivity contribution in [1.29, 1.82) is 0 Å². The van der Waals surface area contributed by atoms with Gasteiger partial charge in [0.15, 0.2) is 0 Å². The van der Waals surface area contributed by atoms with Crippen LogP contribution in [0.25, 0.3) is 0 Å². The van der Waals surface area contributed by atoms with Crippen LogP contribution in [-0.4, -0.2) is 6.04 Å². The zero-order chi connectivity index (χ0) is 7.98. The van der Waals surface area contributed by atoms with Gasteiger partial charge in [0.25, 0.3) is 0 Å². The van der Waals surface area contributed by atoms with Crippen LogP contribution in [0.3, 0.4) is 0 Å². The minimum absolute atomic E-state index is 0.576. The van der Waals surface area contributed by atoms with Gasteiger partial charge < -0.3 is 5.32 Å². The molecule has 0 aliphatic heterocycles. The lowest BCUT2D eigenvalue weighted by molar-refractivity contribution is 0.383. The summed E-state index contributed by atoms with van der Waals surface area (Å²) in [4.78, 5) is 0. The molecular weight excluding hydrogens is 122 g/mol. The summed E-state index contributed by atoms with van der Waals surface area (Å²) in [5, 5.41) is 3.21. The summed E-state index contributed by atoms with van der Waals surface area (Å²) >= 11 is 0. The third kappa shape index (κ3) is 2.90. The smallest absolute Gasteiger partial charge is 0.0255 e. The predicted molar refractivity (Wildman–Crippen MR) is 46.9 cm³/mol. The van der Waals surface area contributed by atoms with E-state index in [0.29, 0.717) is 6.04 Å². The van der Waals surface area contributed by atoms with E-state index in [1.165, 1.54) is 12.8 Å². The first kappa shape index (κ1) is 9.54. The largest absolute Gasteiger partial charge is 0.389 e. The lowest BCUT2D eigenvalue weighted by Crippen LogP contribution is -2.28. The normalized spacial score (nSPS) is 13.2. The van der Waals surface area contributed by atoms with Crippen LogP contribution in [0.5, 0.6) is 0 Å². The van der Waals surface area contributed by atoms with E-state index in [4.69, 9.17) is 0 Å². The molecule has 60 valence electrons. The van der Waals surface area contributed by atoms with Gasteiger partial charge in [-0.3, -0.25) is 0 Å². The van der Waals surface area contributed by atoms with Gasteiger partial charge in [-0.2, -0.15) is 0 Å². The van der Waals surface area contributed by atoms with Crippen molar-refractivity contribution in [2.24, 2.45) is 5.92 Å². The van der Waals surface area contributed by atoms with Crippen LogP contribution in [0, 0.1) is 5.92 Å². The molecule has 0 fully saturated rings. The topological polar surface area (TPSA) is 12.0 Å². The van der Waals surface area contributed by atoms with Crippen LogP contribution in [0.2, 0.25) is 0 Å². The Morgan fingerprint density at radius 1 is 1.40 bits per heavy atom. The number of rotatable bonds is 5. The van der Waals surface area contributed by atoms with Gasteiger partial charge in [0, 0.05) is 6.04 Å². The average molecular weight is 141 g/mol. The monoisotopic (exact) mass is 141 g/mol. The average Bonchev–Trinajstić information content (AvgIpc) is 1.91. The molecule has 0 saturated heterocycles. The van der Waals surface area contributed by atoms with E-state index in [2.05, 4.69) is 32.7 Å². The van der Waals surface area contributed by atoms with Crippen molar-refractivity contribution >= 4 is 0 Å². The van der Waals surface area contributed by atoms with Crippen molar-refractivity contribution in [2.45, 2.75) is 39.7 Å². The molecule has 1 heteroatoms. The molecule has 0 rings (SSSR count). The van der Waals surface area contributed by atoms with Gasteiger partial charge in [-0.05, 0) is 19.0 Å². The highest BCUT2D eigenvalue weighted by atomic mass is 14.9. The first-order valence-corrected chi connectivity index (χ1v) is 4.13. The molecule has 0 aromatic rings. The molecule has 0 amide bonds. The van der Waals surface area contributed by atoms with E-state index in [1.807, 2.05) is 0 Å². The second-order valence-electron chi connectivity index (χ2n) is 2.74. The first-order chi connectivity index (χ1) is 4.76. The van der Waals surface area contributed by atoms with Crippen molar-refractivity contribution in [1.82, 2.24) is 5.32 Å². The summed E-state index contributed by atoms with van der Waals surface area (Å²) in [5.74, 6) is 0.790. The summed E-state index contributed by atoms with van der Waals surface area (Å²) in [7, 11) is 0. The molecule has 0 aromatic carbocycles. The van der Waals surface area contributed by atoms with Crippen molar-refractivity contribution in [3.8, 4) is 0 Å². The molecule has 10 heavy (non-hydrogen) atoms.